The van der Waals surface area contributed by atoms with Gasteiger partial charge < -0.3 is 10.4 Å². The van der Waals surface area contributed by atoms with E-state index in [-0.39, 0.29) is 18.4 Å². The molecule has 0 bridgehead atoms. The fourth-order valence-corrected chi connectivity index (χ4v) is 2.46. The van der Waals surface area contributed by atoms with Gasteiger partial charge in [0.15, 0.2) is 0 Å². The van der Waals surface area contributed by atoms with E-state index in [1.807, 2.05) is 13.0 Å². The molecule has 0 aromatic rings. The van der Waals surface area contributed by atoms with Gasteiger partial charge in [0.25, 0.3) is 0 Å². The van der Waals surface area contributed by atoms with Gasteiger partial charge in [-0.15, -0.1) is 0 Å². The second-order valence-electron chi connectivity index (χ2n) is 4.81. The van der Waals surface area contributed by atoms with Crippen LogP contribution in [0.15, 0.2) is 0 Å². The summed E-state index contributed by atoms with van der Waals surface area (Å²) in [7, 11) is 0. The van der Waals surface area contributed by atoms with E-state index < -0.39 is 17.8 Å². The quantitative estimate of drug-likeness (QED) is 0.779. The molecule has 1 rings (SSSR count). The zero-order valence-electron chi connectivity index (χ0n) is 10.7. The number of carbonyl (C=O) groups excluding carboxylic acids is 1. The number of carboxylic acid groups (broad SMARTS) is 1. The molecule has 0 radical (unpaired) electrons. The number of hydrogen-bond acceptors (Lipinski definition) is 3. The van der Waals surface area contributed by atoms with Crippen LogP contribution in [-0.2, 0) is 9.59 Å². The summed E-state index contributed by atoms with van der Waals surface area (Å²) in [5.74, 6) is -2.10. The highest BCUT2D eigenvalue weighted by atomic mass is 16.4. The SMILES string of the molecule is CCC(CC#N)NC(=O)C1CCCCC1C(=O)O. The maximum absolute atomic E-state index is 12.1. The van der Waals surface area contributed by atoms with Gasteiger partial charge in [0.2, 0.25) is 5.91 Å². The van der Waals surface area contributed by atoms with Crippen molar-refractivity contribution >= 4 is 11.9 Å². The molecule has 1 saturated carbocycles. The second-order valence-corrected chi connectivity index (χ2v) is 4.81. The molecule has 18 heavy (non-hydrogen) atoms. The van der Waals surface area contributed by atoms with Crippen molar-refractivity contribution in [1.29, 1.82) is 5.26 Å². The molecule has 3 atom stereocenters. The summed E-state index contributed by atoms with van der Waals surface area (Å²) >= 11 is 0. The lowest BCUT2D eigenvalue weighted by Crippen LogP contribution is -2.43. The van der Waals surface area contributed by atoms with Crippen molar-refractivity contribution in [3.63, 3.8) is 0 Å². The standard InChI is InChI=1S/C13H20N2O3/c1-2-9(7-8-14)15-12(16)10-5-3-4-6-11(10)13(17)18/h9-11H,2-7H2,1H3,(H,15,16)(H,17,18). The maximum Gasteiger partial charge on any atom is 0.307 e. The fraction of sp³-hybridized carbons (Fsp3) is 0.769. The molecule has 1 aliphatic carbocycles. The van der Waals surface area contributed by atoms with Gasteiger partial charge in [-0.25, -0.2) is 0 Å². The van der Waals surface area contributed by atoms with E-state index in [9.17, 15) is 9.59 Å². The molecule has 1 fully saturated rings. The third kappa shape index (κ3) is 3.73. The van der Waals surface area contributed by atoms with Gasteiger partial charge in [0.1, 0.15) is 0 Å². The lowest BCUT2D eigenvalue weighted by atomic mass is 9.78. The number of carbonyl (C=O) groups is 2. The van der Waals surface area contributed by atoms with Gasteiger partial charge in [0.05, 0.1) is 24.3 Å². The summed E-state index contributed by atoms with van der Waals surface area (Å²) in [5.41, 5.74) is 0. The average molecular weight is 252 g/mol. The van der Waals surface area contributed by atoms with Crippen LogP contribution in [0.2, 0.25) is 0 Å². The molecular weight excluding hydrogens is 232 g/mol. The van der Waals surface area contributed by atoms with Crippen LogP contribution in [-0.4, -0.2) is 23.0 Å². The third-order valence-corrected chi connectivity index (χ3v) is 3.60. The van der Waals surface area contributed by atoms with E-state index in [1.54, 1.807) is 0 Å². The maximum atomic E-state index is 12.1. The Bertz CT molecular complexity index is 349. The Hall–Kier alpha value is -1.57. The second kappa shape index (κ2) is 7.00. The zero-order chi connectivity index (χ0) is 13.5. The first-order chi connectivity index (χ1) is 8.60. The smallest absolute Gasteiger partial charge is 0.307 e. The van der Waals surface area contributed by atoms with Crippen molar-refractivity contribution in [3.05, 3.63) is 0 Å². The highest BCUT2D eigenvalue weighted by molar-refractivity contribution is 5.85. The van der Waals surface area contributed by atoms with Crippen LogP contribution in [0, 0.1) is 23.2 Å². The van der Waals surface area contributed by atoms with E-state index in [4.69, 9.17) is 10.4 Å². The number of aliphatic carboxylic acids is 1. The lowest BCUT2D eigenvalue weighted by Gasteiger charge is -2.28. The number of carboxylic acids is 1. The van der Waals surface area contributed by atoms with Crippen molar-refractivity contribution in [2.75, 3.05) is 0 Å². The molecule has 1 amide bonds. The molecule has 100 valence electrons. The number of hydrogen-bond donors (Lipinski definition) is 2. The number of rotatable bonds is 5. The largest absolute Gasteiger partial charge is 0.481 e. The molecule has 0 spiro atoms. The first kappa shape index (κ1) is 14.5. The highest BCUT2D eigenvalue weighted by Crippen LogP contribution is 2.30. The van der Waals surface area contributed by atoms with Crippen molar-refractivity contribution in [2.24, 2.45) is 11.8 Å². The predicted octanol–water partition coefficient (Wildman–Crippen LogP) is 1.69. The Balaban J connectivity index is 2.63. The van der Waals surface area contributed by atoms with Gasteiger partial charge in [-0.05, 0) is 19.3 Å². The molecule has 1 aliphatic rings. The Kier molecular flexibility index (Phi) is 5.63. The molecule has 0 aromatic carbocycles. The highest BCUT2D eigenvalue weighted by Gasteiger charge is 2.36. The topological polar surface area (TPSA) is 90.2 Å². The first-order valence-corrected chi connectivity index (χ1v) is 6.50. The zero-order valence-corrected chi connectivity index (χ0v) is 10.7. The average Bonchev–Trinajstić information content (AvgIpc) is 2.38. The monoisotopic (exact) mass is 252 g/mol. The predicted molar refractivity (Wildman–Crippen MR) is 65.5 cm³/mol. The Labute approximate surface area is 107 Å². The van der Waals surface area contributed by atoms with E-state index >= 15 is 0 Å². The molecule has 5 nitrogen and oxygen atoms in total. The van der Waals surface area contributed by atoms with E-state index in [0.29, 0.717) is 19.3 Å². The number of nitrogens with one attached hydrogen (secondary N) is 1. The van der Waals surface area contributed by atoms with E-state index in [1.165, 1.54) is 0 Å². The van der Waals surface area contributed by atoms with Crippen molar-refractivity contribution in [3.8, 4) is 6.07 Å². The third-order valence-electron chi connectivity index (χ3n) is 3.60. The Morgan fingerprint density at radius 1 is 1.39 bits per heavy atom. The molecular formula is C13H20N2O3. The summed E-state index contributed by atoms with van der Waals surface area (Å²) in [6.45, 7) is 1.90. The molecule has 5 heteroatoms. The first-order valence-electron chi connectivity index (χ1n) is 6.50. The minimum Gasteiger partial charge on any atom is -0.481 e. The molecule has 0 aromatic heterocycles. The molecule has 0 aliphatic heterocycles. The van der Waals surface area contributed by atoms with Gasteiger partial charge in [-0.2, -0.15) is 5.26 Å². The fourth-order valence-electron chi connectivity index (χ4n) is 2.46. The van der Waals surface area contributed by atoms with Crippen LogP contribution in [0.25, 0.3) is 0 Å². The van der Waals surface area contributed by atoms with Gasteiger partial charge in [-0.3, -0.25) is 9.59 Å². The number of nitrogens with zero attached hydrogens (tertiary/aromatic N) is 1. The van der Waals surface area contributed by atoms with Crippen LogP contribution in [0.5, 0.6) is 0 Å². The number of nitriles is 1. The van der Waals surface area contributed by atoms with Crippen LogP contribution < -0.4 is 5.32 Å². The summed E-state index contributed by atoms with van der Waals surface area (Å²) in [6.07, 6.45) is 3.93. The van der Waals surface area contributed by atoms with Crippen LogP contribution in [0.1, 0.15) is 45.4 Å². The number of amides is 1. The summed E-state index contributed by atoms with van der Waals surface area (Å²) in [6, 6.07) is 1.86. The Morgan fingerprint density at radius 3 is 2.50 bits per heavy atom. The van der Waals surface area contributed by atoms with Crippen molar-refractivity contribution < 1.29 is 14.7 Å². The van der Waals surface area contributed by atoms with Crippen LogP contribution in [0.3, 0.4) is 0 Å². The van der Waals surface area contributed by atoms with Crippen LogP contribution in [0.4, 0.5) is 0 Å². The molecule has 0 saturated heterocycles. The minimum absolute atomic E-state index is 0.168. The summed E-state index contributed by atoms with van der Waals surface area (Å²) in [4.78, 5) is 23.2. The van der Waals surface area contributed by atoms with E-state index in [0.717, 1.165) is 12.8 Å². The summed E-state index contributed by atoms with van der Waals surface area (Å²) < 4.78 is 0. The molecule has 2 N–H and O–H groups in total. The Morgan fingerprint density at radius 2 is 2.00 bits per heavy atom. The van der Waals surface area contributed by atoms with Gasteiger partial charge >= 0.3 is 5.97 Å². The minimum atomic E-state index is -0.886. The van der Waals surface area contributed by atoms with Crippen LogP contribution >= 0.6 is 0 Å². The normalized spacial score (nSPS) is 24.9. The van der Waals surface area contributed by atoms with Crippen molar-refractivity contribution in [1.82, 2.24) is 5.32 Å². The summed E-state index contributed by atoms with van der Waals surface area (Å²) in [5, 5.41) is 20.6. The van der Waals surface area contributed by atoms with E-state index in [2.05, 4.69) is 5.32 Å². The molecule has 3 unspecified atom stereocenters. The lowest BCUT2D eigenvalue weighted by molar-refractivity contribution is -0.149. The molecule has 0 heterocycles. The van der Waals surface area contributed by atoms with Gasteiger partial charge in [0, 0.05) is 6.04 Å². The van der Waals surface area contributed by atoms with Gasteiger partial charge in [-0.1, -0.05) is 19.8 Å². The van der Waals surface area contributed by atoms with Crippen molar-refractivity contribution in [2.45, 2.75) is 51.5 Å².